The fourth-order valence-electron chi connectivity index (χ4n) is 2.57. The van der Waals surface area contributed by atoms with E-state index in [1.807, 2.05) is 60.7 Å². The van der Waals surface area contributed by atoms with Crippen molar-refractivity contribution in [3.8, 4) is 17.2 Å². The van der Waals surface area contributed by atoms with E-state index < -0.39 is 0 Å². The van der Waals surface area contributed by atoms with Gasteiger partial charge >= 0.3 is 0 Å². The minimum Gasteiger partial charge on any atom is -0.376 e. The molecule has 0 bridgehead atoms. The van der Waals surface area contributed by atoms with Gasteiger partial charge in [-0.25, -0.2) is 0 Å². The Hall–Kier alpha value is -3.29. The number of anilines is 2. The van der Waals surface area contributed by atoms with E-state index in [4.69, 9.17) is 16.9 Å². The standard InChI is InChI=1S/C21H16ClN3O/c22-19-12-17(11-10-16(19)13-23)25-21(26)14-24-20-9-5-4-8-18(20)15-6-2-1-3-7-15/h1-12,24H,14H2,(H,25,26). The Bertz CT molecular complexity index is 964. The van der Waals surface area contributed by atoms with Gasteiger partial charge in [0.05, 0.1) is 17.1 Å². The summed E-state index contributed by atoms with van der Waals surface area (Å²) in [6.45, 7) is 0.113. The summed E-state index contributed by atoms with van der Waals surface area (Å²) in [7, 11) is 0. The first-order chi connectivity index (χ1) is 12.7. The molecular weight excluding hydrogens is 346 g/mol. The summed E-state index contributed by atoms with van der Waals surface area (Å²) in [4.78, 5) is 12.2. The lowest BCUT2D eigenvalue weighted by Gasteiger charge is -2.12. The van der Waals surface area contributed by atoms with Crippen molar-refractivity contribution in [2.75, 3.05) is 17.2 Å². The largest absolute Gasteiger partial charge is 0.376 e. The predicted octanol–water partition coefficient (Wildman–Crippen LogP) is 4.93. The molecule has 0 aromatic heterocycles. The molecule has 5 heteroatoms. The van der Waals surface area contributed by atoms with Crippen LogP contribution in [0.4, 0.5) is 11.4 Å². The fraction of sp³-hybridized carbons (Fsp3) is 0.0476. The summed E-state index contributed by atoms with van der Waals surface area (Å²) in [6, 6.07) is 24.6. The molecule has 4 nitrogen and oxygen atoms in total. The summed E-state index contributed by atoms with van der Waals surface area (Å²) >= 11 is 5.99. The Morgan fingerprint density at radius 3 is 2.46 bits per heavy atom. The minimum atomic E-state index is -0.200. The lowest BCUT2D eigenvalue weighted by Crippen LogP contribution is -2.22. The first-order valence-electron chi connectivity index (χ1n) is 8.05. The molecule has 0 spiro atoms. The van der Waals surface area contributed by atoms with E-state index in [0.717, 1.165) is 16.8 Å². The van der Waals surface area contributed by atoms with Crippen LogP contribution in [0.2, 0.25) is 5.02 Å². The molecule has 1 amide bonds. The molecule has 2 N–H and O–H groups in total. The zero-order chi connectivity index (χ0) is 18.4. The molecule has 0 aliphatic rings. The van der Waals surface area contributed by atoms with Crippen LogP contribution in [0.15, 0.2) is 72.8 Å². The van der Waals surface area contributed by atoms with E-state index >= 15 is 0 Å². The molecule has 3 aromatic rings. The Morgan fingerprint density at radius 1 is 1.00 bits per heavy atom. The maximum absolute atomic E-state index is 12.2. The van der Waals surface area contributed by atoms with E-state index in [2.05, 4.69) is 10.6 Å². The van der Waals surface area contributed by atoms with Crippen molar-refractivity contribution < 1.29 is 4.79 Å². The van der Waals surface area contributed by atoms with Crippen LogP contribution in [-0.4, -0.2) is 12.5 Å². The van der Waals surface area contributed by atoms with Gasteiger partial charge in [0, 0.05) is 16.9 Å². The SMILES string of the molecule is N#Cc1ccc(NC(=O)CNc2ccccc2-c2ccccc2)cc1Cl. The van der Waals surface area contributed by atoms with Gasteiger partial charge in [-0.2, -0.15) is 5.26 Å². The molecule has 0 saturated heterocycles. The van der Waals surface area contributed by atoms with E-state index in [-0.39, 0.29) is 12.5 Å². The summed E-state index contributed by atoms with van der Waals surface area (Å²) in [5.74, 6) is -0.200. The zero-order valence-electron chi connectivity index (χ0n) is 13.9. The Kier molecular flexibility index (Phi) is 5.52. The van der Waals surface area contributed by atoms with Crippen LogP contribution < -0.4 is 10.6 Å². The van der Waals surface area contributed by atoms with Crippen LogP contribution in [0.25, 0.3) is 11.1 Å². The topological polar surface area (TPSA) is 64.9 Å². The summed E-state index contributed by atoms with van der Waals surface area (Å²) in [5, 5.41) is 15.1. The summed E-state index contributed by atoms with van der Waals surface area (Å²) in [5.41, 5.74) is 3.92. The molecule has 26 heavy (non-hydrogen) atoms. The maximum Gasteiger partial charge on any atom is 0.243 e. The second kappa shape index (κ2) is 8.19. The number of nitrogens with one attached hydrogen (secondary N) is 2. The summed E-state index contributed by atoms with van der Waals surface area (Å²) in [6.07, 6.45) is 0. The van der Waals surface area contributed by atoms with Crippen LogP contribution in [0, 0.1) is 11.3 Å². The number of amides is 1. The first kappa shape index (κ1) is 17.5. The highest BCUT2D eigenvalue weighted by Gasteiger charge is 2.08. The second-order valence-corrected chi connectivity index (χ2v) is 6.03. The lowest BCUT2D eigenvalue weighted by molar-refractivity contribution is -0.114. The third-order valence-corrected chi connectivity index (χ3v) is 4.14. The number of nitriles is 1. The number of para-hydroxylation sites is 1. The quantitative estimate of drug-likeness (QED) is 0.677. The molecule has 0 atom stereocenters. The molecular formula is C21H16ClN3O. The van der Waals surface area contributed by atoms with Gasteiger partial charge in [-0.1, -0.05) is 60.1 Å². The lowest BCUT2D eigenvalue weighted by atomic mass is 10.0. The summed E-state index contributed by atoms with van der Waals surface area (Å²) < 4.78 is 0. The Labute approximate surface area is 157 Å². The van der Waals surface area contributed by atoms with Gasteiger partial charge in [0.1, 0.15) is 6.07 Å². The van der Waals surface area contributed by atoms with E-state index in [9.17, 15) is 4.79 Å². The molecule has 0 unspecified atom stereocenters. The highest BCUT2D eigenvalue weighted by molar-refractivity contribution is 6.32. The van der Waals surface area contributed by atoms with E-state index in [0.29, 0.717) is 16.3 Å². The molecule has 3 aromatic carbocycles. The third-order valence-electron chi connectivity index (χ3n) is 3.82. The van der Waals surface area contributed by atoms with Gasteiger partial charge in [0.25, 0.3) is 0 Å². The smallest absolute Gasteiger partial charge is 0.243 e. The molecule has 0 heterocycles. The molecule has 128 valence electrons. The van der Waals surface area contributed by atoms with Crippen LogP contribution in [0.3, 0.4) is 0 Å². The van der Waals surface area contributed by atoms with Crippen molar-refractivity contribution in [1.29, 1.82) is 5.26 Å². The number of nitrogens with zero attached hydrogens (tertiary/aromatic N) is 1. The number of carbonyl (C=O) groups excluding carboxylic acids is 1. The van der Waals surface area contributed by atoms with Gasteiger partial charge in [-0.3, -0.25) is 4.79 Å². The number of hydrogen-bond acceptors (Lipinski definition) is 3. The van der Waals surface area contributed by atoms with Gasteiger partial charge in [0.15, 0.2) is 0 Å². The number of halogens is 1. The number of benzene rings is 3. The third kappa shape index (κ3) is 4.21. The predicted molar refractivity (Wildman–Crippen MR) is 105 cm³/mol. The fourth-order valence-corrected chi connectivity index (χ4v) is 2.79. The van der Waals surface area contributed by atoms with Crippen LogP contribution in [0.1, 0.15) is 5.56 Å². The van der Waals surface area contributed by atoms with Crippen LogP contribution in [0.5, 0.6) is 0 Å². The van der Waals surface area contributed by atoms with Crippen molar-refractivity contribution in [3.05, 3.63) is 83.4 Å². The first-order valence-corrected chi connectivity index (χ1v) is 8.43. The van der Waals surface area contributed by atoms with Crippen molar-refractivity contribution in [2.24, 2.45) is 0 Å². The zero-order valence-corrected chi connectivity index (χ0v) is 14.6. The normalized spacial score (nSPS) is 10.0. The average Bonchev–Trinajstić information content (AvgIpc) is 2.67. The van der Waals surface area contributed by atoms with E-state index in [1.54, 1.807) is 18.2 Å². The maximum atomic E-state index is 12.2. The molecule has 0 radical (unpaired) electrons. The van der Waals surface area contributed by atoms with Gasteiger partial charge in [-0.15, -0.1) is 0 Å². The number of hydrogen-bond donors (Lipinski definition) is 2. The minimum absolute atomic E-state index is 0.113. The number of rotatable bonds is 5. The van der Waals surface area contributed by atoms with Crippen LogP contribution in [-0.2, 0) is 4.79 Å². The Balaban J connectivity index is 1.67. The molecule has 0 aliphatic carbocycles. The van der Waals surface area contributed by atoms with Crippen LogP contribution >= 0.6 is 11.6 Å². The highest BCUT2D eigenvalue weighted by atomic mass is 35.5. The second-order valence-electron chi connectivity index (χ2n) is 5.62. The molecule has 3 rings (SSSR count). The average molecular weight is 362 g/mol. The molecule has 0 aliphatic heterocycles. The van der Waals surface area contributed by atoms with Gasteiger partial charge < -0.3 is 10.6 Å². The molecule has 0 saturated carbocycles. The van der Waals surface area contributed by atoms with Crippen molar-refractivity contribution in [1.82, 2.24) is 0 Å². The van der Waals surface area contributed by atoms with Gasteiger partial charge in [-0.05, 0) is 29.8 Å². The number of carbonyl (C=O) groups is 1. The van der Waals surface area contributed by atoms with Crippen molar-refractivity contribution >= 4 is 28.9 Å². The van der Waals surface area contributed by atoms with Crippen molar-refractivity contribution in [2.45, 2.75) is 0 Å². The van der Waals surface area contributed by atoms with E-state index in [1.165, 1.54) is 0 Å². The monoisotopic (exact) mass is 361 g/mol. The van der Waals surface area contributed by atoms with Crippen molar-refractivity contribution in [3.63, 3.8) is 0 Å². The molecule has 0 fully saturated rings. The van der Waals surface area contributed by atoms with Gasteiger partial charge in [0.2, 0.25) is 5.91 Å². The Morgan fingerprint density at radius 2 is 1.73 bits per heavy atom. The highest BCUT2D eigenvalue weighted by Crippen LogP contribution is 2.27.